The first-order chi connectivity index (χ1) is 5.36. The molecule has 0 aliphatic rings. The highest BCUT2D eigenvalue weighted by Gasteiger charge is 1.92. The Kier molecular flexibility index (Phi) is 2.86. The zero-order chi connectivity index (χ0) is 8.10. The number of nitrogens with zero attached hydrogens (tertiary/aromatic N) is 1. The van der Waals surface area contributed by atoms with E-state index in [0.29, 0.717) is 0 Å². The van der Waals surface area contributed by atoms with Gasteiger partial charge in [-0.2, -0.15) is 0 Å². The normalized spacial score (nSPS) is 9.64. The van der Waals surface area contributed by atoms with Crippen molar-refractivity contribution >= 4 is 5.82 Å². The number of anilines is 1. The van der Waals surface area contributed by atoms with Crippen LogP contribution in [0.2, 0.25) is 0 Å². The third-order valence-corrected chi connectivity index (χ3v) is 1.42. The smallest absolute Gasteiger partial charge is 0.126 e. The molecule has 3 nitrogen and oxygen atoms in total. The average molecular weight is 151 g/mol. The summed E-state index contributed by atoms with van der Waals surface area (Å²) >= 11 is 0. The molecule has 0 bridgehead atoms. The van der Waals surface area contributed by atoms with Crippen molar-refractivity contribution in [1.29, 1.82) is 0 Å². The van der Waals surface area contributed by atoms with Crippen molar-refractivity contribution in [2.45, 2.75) is 6.54 Å². The van der Waals surface area contributed by atoms with Gasteiger partial charge in [-0.05, 0) is 19.2 Å². The summed E-state index contributed by atoms with van der Waals surface area (Å²) in [5, 5.41) is 6.03. The van der Waals surface area contributed by atoms with Crippen molar-refractivity contribution in [2.24, 2.45) is 0 Å². The maximum absolute atomic E-state index is 4.31. The van der Waals surface area contributed by atoms with Crippen molar-refractivity contribution in [2.75, 3.05) is 19.4 Å². The van der Waals surface area contributed by atoms with E-state index in [1.165, 1.54) is 0 Å². The van der Waals surface area contributed by atoms with Crippen LogP contribution in [0.15, 0.2) is 18.2 Å². The van der Waals surface area contributed by atoms with E-state index in [9.17, 15) is 0 Å². The summed E-state index contributed by atoms with van der Waals surface area (Å²) in [7, 11) is 3.78. The Morgan fingerprint density at radius 3 is 2.82 bits per heavy atom. The van der Waals surface area contributed by atoms with E-state index in [2.05, 4.69) is 15.6 Å². The van der Waals surface area contributed by atoms with E-state index in [1.54, 1.807) is 0 Å². The lowest BCUT2D eigenvalue weighted by atomic mass is 10.3. The first-order valence-corrected chi connectivity index (χ1v) is 3.65. The summed E-state index contributed by atoms with van der Waals surface area (Å²) in [6, 6.07) is 5.93. The lowest BCUT2D eigenvalue weighted by molar-refractivity contribution is 0.792. The number of pyridine rings is 1. The molecule has 0 aromatic carbocycles. The number of nitrogens with one attached hydrogen (secondary N) is 2. The van der Waals surface area contributed by atoms with Crippen LogP contribution in [0.25, 0.3) is 0 Å². The second-order valence-corrected chi connectivity index (χ2v) is 2.29. The number of hydrogen-bond acceptors (Lipinski definition) is 3. The molecule has 0 atom stereocenters. The van der Waals surface area contributed by atoms with Crippen molar-refractivity contribution in [3.8, 4) is 0 Å². The minimum Gasteiger partial charge on any atom is -0.373 e. The zero-order valence-electron chi connectivity index (χ0n) is 6.89. The van der Waals surface area contributed by atoms with E-state index in [-0.39, 0.29) is 0 Å². The Balaban J connectivity index is 2.74. The monoisotopic (exact) mass is 151 g/mol. The van der Waals surface area contributed by atoms with Crippen LogP contribution >= 0.6 is 0 Å². The molecule has 0 fully saturated rings. The summed E-state index contributed by atoms with van der Waals surface area (Å²) in [6.07, 6.45) is 0. The summed E-state index contributed by atoms with van der Waals surface area (Å²) in [6.45, 7) is 0.815. The van der Waals surface area contributed by atoms with Crippen LogP contribution in [0.3, 0.4) is 0 Å². The van der Waals surface area contributed by atoms with Gasteiger partial charge >= 0.3 is 0 Å². The Hall–Kier alpha value is -1.09. The first-order valence-electron chi connectivity index (χ1n) is 3.65. The van der Waals surface area contributed by atoms with Gasteiger partial charge in [0.1, 0.15) is 5.82 Å². The van der Waals surface area contributed by atoms with Crippen LogP contribution < -0.4 is 10.6 Å². The topological polar surface area (TPSA) is 37.0 Å². The maximum Gasteiger partial charge on any atom is 0.126 e. The van der Waals surface area contributed by atoms with Crippen LogP contribution in [0.4, 0.5) is 5.82 Å². The molecule has 0 saturated carbocycles. The standard InChI is InChI=1S/C8H13N3/c1-9-6-7-4-3-5-8(10-2)11-7/h3-5,9H,6H2,1-2H3,(H,10,11). The molecule has 1 aromatic rings. The van der Waals surface area contributed by atoms with Crippen molar-refractivity contribution < 1.29 is 0 Å². The molecule has 11 heavy (non-hydrogen) atoms. The predicted molar refractivity (Wildman–Crippen MR) is 46.5 cm³/mol. The second-order valence-electron chi connectivity index (χ2n) is 2.29. The fourth-order valence-corrected chi connectivity index (χ4v) is 0.898. The van der Waals surface area contributed by atoms with E-state index < -0.39 is 0 Å². The molecule has 1 rings (SSSR count). The Morgan fingerprint density at radius 1 is 1.36 bits per heavy atom. The van der Waals surface area contributed by atoms with Gasteiger partial charge in [0.25, 0.3) is 0 Å². The molecule has 0 aliphatic heterocycles. The van der Waals surface area contributed by atoms with Crippen molar-refractivity contribution in [1.82, 2.24) is 10.3 Å². The molecular weight excluding hydrogens is 138 g/mol. The first kappa shape index (κ1) is 8.01. The molecule has 1 aromatic heterocycles. The summed E-state index contributed by atoms with van der Waals surface area (Å²) < 4.78 is 0. The molecule has 3 heteroatoms. The molecule has 2 N–H and O–H groups in total. The molecule has 0 unspecified atom stereocenters. The van der Waals surface area contributed by atoms with Gasteiger partial charge in [0.2, 0.25) is 0 Å². The molecule has 1 heterocycles. The Morgan fingerprint density at radius 2 is 2.18 bits per heavy atom. The van der Waals surface area contributed by atoms with E-state index in [1.807, 2.05) is 32.3 Å². The molecule has 0 saturated heterocycles. The molecule has 0 spiro atoms. The largest absolute Gasteiger partial charge is 0.373 e. The van der Waals surface area contributed by atoms with Gasteiger partial charge in [-0.15, -0.1) is 0 Å². The highest BCUT2D eigenvalue weighted by molar-refractivity contribution is 5.34. The highest BCUT2D eigenvalue weighted by Crippen LogP contribution is 2.02. The van der Waals surface area contributed by atoms with Crippen molar-refractivity contribution in [3.05, 3.63) is 23.9 Å². The lowest BCUT2D eigenvalue weighted by Crippen LogP contribution is -2.07. The second kappa shape index (κ2) is 3.93. The van der Waals surface area contributed by atoms with Gasteiger partial charge in [-0.3, -0.25) is 0 Å². The van der Waals surface area contributed by atoms with Gasteiger partial charge in [-0.25, -0.2) is 4.98 Å². The average Bonchev–Trinajstić information content (AvgIpc) is 2.06. The highest BCUT2D eigenvalue weighted by atomic mass is 15.0. The van der Waals surface area contributed by atoms with Gasteiger partial charge in [0.15, 0.2) is 0 Å². The Bertz CT molecular complexity index is 222. The Labute approximate surface area is 66.8 Å². The zero-order valence-corrected chi connectivity index (χ0v) is 6.89. The van der Waals surface area contributed by atoms with Crippen LogP contribution in [0.5, 0.6) is 0 Å². The van der Waals surface area contributed by atoms with Crippen LogP contribution in [0.1, 0.15) is 5.69 Å². The number of hydrogen-bond donors (Lipinski definition) is 2. The third kappa shape index (κ3) is 2.20. The maximum atomic E-state index is 4.31. The summed E-state index contributed by atoms with van der Waals surface area (Å²) in [4.78, 5) is 4.31. The van der Waals surface area contributed by atoms with E-state index >= 15 is 0 Å². The third-order valence-electron chi connectivity index (χ3n) is 1.42. The summed E-state index contributed by atoms with van der Waals surface area (Å²) in [5.74, 6) is 0.915. The van der Waals surface area contributed by atoms with Gasteiger partial charge in [-0.1, -0.05) is 6.07 Å². The van der Waals surface area contributed by atoms with Crippen LogP contribution in [0, 0.1) is 0 Å². The minimum absolute atomic E-state index is 0.815. The fourth-order valence-electron chi connectivity index (χ4n) is 0.898. The number of aromatic nitrogens is 1. The van der Waals surface area contributed by atoms with Gasteiger partial charge in [0, 0.05) is 13.6 Å². The molecule has 60 valence electrons. The van der Waals surface area contributed by atoms with E-state index in [0.717, 1.165) is 18.1 Å². The van der Waals surface area contributed by atoms with Crippen LogP contribution in [-0.4, -0.2) is 19.1 Å². The lowest BCUT2D eigenvalue weighted by Gasteiger charge is -2.01. The quantitative estimate of drug-likeness (QED) is 0.672. The van der Waals surface area contributed by atoms with E-state index in [4.69, 9.17) is 0 Å². The van der Waals surface area contributed by atoms with Crippen LogP contribution in [-0.2, 0) is 6.54 Å². The molecule has 0 radical (unpaired) electrons. The van der Waals surface area contributed by atoms with Crippen molar-refractivity contribution in [3.63, 3.8) is 0 Å². The van der Waals surface area contributed by atoms with Gasteiger partial charge < -0.3 is 10.6 Å². The fraction of sp³-hybridized carbons (Fsp3) is 0.375. The predicted octanol–water partition coefficient (Wildman–Crippen LogP) is 0.843. The minimum atomic E-state index is 0.815. The van der Waals surface area contributed by atoms with Gasteiger partial charge in [0.05, 0.1) is 5.69 Å². The SMILES string of the molecule is CNCc1cccc(NC)n1. The molecular formula is C8H13N3. The number of rotatable bonds is 3. The molecule has 0 aliphatic carbocycles. The molecule has 0 amide bonds. The summed E-state index contributed by atoms with van der Waals surface area (Å²) in [5.41, 5.74) is 1.05.